The van der Waals surface area contributed by atoms with Crippen molar-refractivity contribution in [3.63, 3.8) is 0 Å². The maximum Gasteiger partial charge on any atom is 0.337 e. The molecule has 188 valence electrons. The molecule has 0 amide bonds. The Balaban J connectivity index is 1.77. The highest BCUT2D eigenvalue weighted by Gasteiger charge is 2.36. The highest BCUT2D eigenvalue weighted by molar-refractivity contribution is 5.95. The summed E-state index contributed by atoms with van der Waals surface area (Å²) in [6.45, 7) is 3.99. The number of nitrogens with zero attached hydrogens (tertiary/aromatic N) is 3. The molecule has 2 aliphatic rings. The minimum Gasteiger partial charge on any atom is -0.462 e. The van der Waals surface area contributed by atoms with Crippen LogP contribution in [-0.2, 0) is 9.53 Å². The summed E-state index contributed by atoms with van der Waals surface area (Å²) in [5.41, 5.74) is 18.6. The van der Waals surface area contributed by atoms with Gasteiger partial charge in [-0.15, -0.1) is 0 Å². The molecule has 0 unspecified atom stereocenters. The Labute approximate surface area is 200 Å². The first-order valence-electron chi connectivity index (χ1n) is 13.1. The third-order valence-electron chi connectivity index (χ3n) is 6.46. The summed E-state index contributed by atoms with van der Waals surface area (Å²) in [4.78, 5) is 23.6. The maximum absolute atomic E-state index is 13.0. The lowest BCUT2D eigenvalue weighted by molar-refractivity contribution is -0.139. The van der Waals surface area contributed by atoms with Gasteiger partial charge in [-0.25, -0.2) is 9.79 Å². The van der Waals surface area contributed by atoms with Crippen molar-refractivity contribution >= 4 is 17.9 Å². The molecule has 0 aromatic carbocycles. The minimum atomic E-state index is -0.243. The average Bonchev–Trinajstić information content (AvgIpc) is 3.27. The van der Waals surface area contributed by atoms with E-state index in [0.29, 0.717) is 19.1 Å². The number of guanidine groups is 2. The van der Waals surface area contributed by atoms with Gasteiger partial charge in [-0.3, -0.25) is 4.99 Å². The van der Waals surface area contributed by atoms with Crippen LogP contribution in [0, 0.1) is 0 Å². The molecule has 0 radical (unpaired) electrons. The molecule has 0 aromatic rings. The fraction of sp³-hybridized carbons (Fsp3) is 0.800. The average molecular weight is 463 g/mol. The predicted molar refractivity (Wildman–Crippen MR) is 136 cm³/mol. The Morgan fingerprint density at radius 3 is 2.36 bits per heavy atom. The molecule has 8 nitrogen and oxygen atoms in total. The predicted octanol–water partition coefficient (Wildman–Crippen LogP) is 3.94. The summed E-state index contributed by atoms with van der Waals surface area (Å²) >= 11 is 0. The Kier molecular flexibility index (Phi) is 12.7. The zero-order chi connectivity index (χ0) is 23.9. The van der Waals surface area contributed by atoms with Crippen LogP contribution < -0.4 is 17.2 Å². The van der Waals surface area contributed by atoms with Crippen LogP contribution in [0.15, 0.2) is 21.3 Å². The van der Waals surface area contributed by atoms with Crippen molar-refractivity contribution in [1.29, 1.82) is 0 Å². The van der Waals surface area contributed by atoms with Crippen LogP contribution in [0.25, 0.3) is 0 Å². The molecule has 2 heterocycles. The number of aliphatic imine (C=N–C) groups is 2. The zero-order valence-electron chi connectivity index (χ0n) is 20.7. The molecule has 0 saturated carbocycles. The second-order valence-corrected chi connectivity index (χ2v) is 9.24. The summed E-state index contributed by atoms with van der Waals surface area (Å²) in [5, 5.41) is 0. The highest BCUT2D eigenvalue weighted by Crippen LogP contribution is 2.33. The summed E-state index contributed by atoms with van der Waals surface area (Å²) in [5.74, 6) is 0.396. The van der Waals surface area contributed by atoms with Crippen LogP contribution in [0.1, 0.15) is 103 Å². The molecule has 0 aromatic heterocycles. The van der Waals surface area contributed by atoms with Crippen molar-refractivity contribution in [1.82, 2.24) is 4.90 Å². The largest absolute Gasteiger partial charge is 0.462 e. The summed E-state index contributed by atoms with van der Waals surface area (Å²) < 4.78 is 5.62. The van der Waals surface area contributed by atoms with Gasteiger partial charge in [0.1, 0.15) is 0 Å². The number of carbonyl (C=O) groups is 1. The van der Waals surface area contributed by atoms with E-state index in [2.05, 4.69) is 11.9 Å². The molecule has 6 N–H and O–H groups in total. The third-order valence-corrected chi connectivity index (χ3v) is 6.46. The van der Waals surface area contributed by atoms with Gasteiger partial charge in [0.25, 0.3) is 0 Å². The van der Waals surface area contributed by atoms with Crippen LogP contribution in [-0.4, -0.2) is 48.5 Å². The van der Waals surface area contributed by atoms with E-state index in [1.54, 1.807) is 0 Å². The fourth-order valence-electron chi connectivity index (χ4n) is 4.65. The van der Waals surface area contributed by atoms with E-state index >= 15 is 0 Å². The van der Waals surface area contributed by atoms with E-state index in [-0.39, 0.29) is 18.0 Å². The van der Waals surface area contributed by atoms with E-state index in [0.717, 1.165) is 56.3 Å². The van der Waals surface area contributed by atoms with Gasteiger partial charge >= 0.3 is 5.97 Å². The summed E-state index contributed by atoms with van der Waals surface area (Å²) in [6, 6.07) is -0.183. The molecule has 8 heteroatoms. The Morgan fingerprint density at radius 2 is 1.70 bits per heavy atom. The molecule has 0 spiro atoms. The molecule has 1 fully saturated rings. The van der Waals surface area contributed by atoms with Gasteiger partial charge in [-0.2, -0.15) is 0 Å². The first-order valence-corrected chi connectivity index (χ1v) is 13.1. The fourth-order valence-corrected chi connectivity index (χ4v) is 4.65. The highest BCUT2D eigenvalue weighted by atomic mass is 16.5. The molecule has 0 aliphatic carbocycles. The van der Waals surface area contributed by atoms with Crippen molar-refractivity contribution in [2.24, 2.45) is 27.2 Å². The normalized spacial score (nSPS) is 17.7. The van der Waals surface area contributed by atoms with Gasteiger partial charge in [0.15, 0.2) is 11.9 Å². The van der Waals surface area contributed by atoms with Crippen LogP contribution in [0.4, 0.5) is 0 Å². The monoisotopic (exact) mass is 462 g/mol. The van der Waals surface area contributed by atoms with Crippen LogP contribution in [0.3, 0.4) is 0 Å². The summed E-state index contributed by atoms with van der Waals surface area (Å²) in [6.07, 6.45) is 17.1. The summed E-state index contributed by atoms with van der Waals surface area (Å²) in [7, 11) is 0. The Morgan fingerprint density at radius 1 is 1.03 bits per heavy atom. The second kappa shape index (κ2) is 15.6. The van der Waals surface area contributed by atoms with Crippen LogP contribution >= 0.6 is 0 Å². The number of hydrogen-bond acceptors (Lipinski definition) is 6. The number of fused-ring (bicyclic) bond motifs is 1. The SMILES string of the molecule is CCCCCCCCCCCC[C@@H]1N=C(N)N2CCCC2=C1C(=O)OCCCCN=C(N)N. The van der Waals surface area contributed by atoms with Crippen LogP contribution in [0.2, 0.25) is 0 Å². The van der Waals surface area contributed by atoms with Gasteiger partial charge < -0.3 is 26.8 Å². The first-order chi connectivity index (χ1) is 16.0. The standard InChI is InChI=1S/C25H46N6O2/c1-2-3-4-5-6-7-8-9-10-11-15-20-22(21-16-14-18-31(21)25(28)30-20)23(32)33-19-13-12-17-29-24(26)27/h20H,2-19H2,1H3,(H2,28,30)(H4,26,27,29)/t20-/m0/s1. The number of nitrogens with two attached hydrogens (primary N) is 3. The number of hydrogen-bond donors (Lipinski definition) is 3. The van der Waals surface area contributed by atoms with Crippen molar-refractivity contribution < 1.29 is 9.53 Å². The van der Waals surface area contributed by atoms with Crippen LogP contribution in [0.5, 0.6) is 0 Å². The van der Waals surface area contributed by atoms with Crippen molar-refractivity contribution in [2.45, 2.75) is 109 Å². The van der Waals surface area contributed by atoms with E-state index in [1.807, 2.05) is 4.90 Å². The lowest BCUT2D eigenvalue weighted by Gasteiger charge is -2.30. The maximum atomic E-state index is 13.0. The number of allylic oxidation sites excluding steroid dienone is 1. The molecule has 2 aliphatic heterocycles. The number of rotatable bonds is 17. The number of esters is 1. The Bertz CT molecular complexity index is 684. The molecule has 1 atom stereocenters. The van der Waals surface area contributed by atoms with Gasteiger partial charge in [0, 0.05) is 18.8 Å². The van der Waals surface area contributed by atoms with Crippen molar-refractivity contribution in [3.05, 3.63) is 11.3 Å². The zero-order valence-corrected chi connectivity index (χ0v) is 20.7. The first kappa shape index (κ1) is 27.0. The molecule has 33 heavy (non-hydrogen) atoms. The topological polar surface area (TPSA) is 132 Å². The van der Waals surface area contributed by atoms with E-state index in [9.17, 15) is 4.79 Å². The lowest BCUT2D eigenvalue weighted by Crippen LogP contribution is -2.41. The number of ether oxygens (including phenoxy) is 1. The van der Waals surface area contributed by atoms with Gasteiger partial charge in [0.2, 0.25) is 0 Å². The lowest BCUT2D eigenvalue weighted by atomic mass is 9.96. The van der Waals surface area contributed by atoms with Crippen molar-refractivity contribution in [3.8, 4) is 0 Å². The Hall–Kier alpha value is -2.25. The number of unbranched alkanes of at least 4 members (excludes halogenated alkanes) is 10. The smallest absolute Gasteiger partial charge is 0.337 e. The molecule has 1 saturated heterocycles. The number of carbonyl (C=O) groups excluding carboxylic acids is 1. The molecule has 2 rings (SSSR count). The molecule has 0 bridgehead atoms. The van der Waals surface area contributed by atoms with Gasteiger partial charge in [0.05, 0.1) is 18.2 Å². The van der Waals surface area contributed by atoms with E-state index in [4.69, 9.17) is 26.9 Å². The van der Waals surface area contributed by atoms with E-state index in [1.165, 1.54) is 57.8 Å². The molecular formula is C25H46N6O2. The van der Waals surface area contributed by atoms with Gasteiger partial charge in [-0.1, -0.05) is 71.1 Å². The third kappa shape index (κ3) is 9.64. The van der Waals surface area contributed by atoms with E-state index < -0.39 is 0 Å². The van der Waals surface area contributed by atoms with Gasteiger partial charge in [-0.05, 0) is 32.1 Å². The minimum absolute atomic E-state index is 0.0905. The second-order valence-electron chi connectivity index (χ2n) is 9.24. The molecular weight excluding hydrogens is 416 g/mol. The van der Waals surface area contributed by atoms with Crippen molar-refractivity contribution in [2.75, 3.05) is 19.7 Å². The quantitative estimate of drug-likeness (QED) is 0.130.